The first-order valence-corrected chi connectivity index (χ1v) is 13.0. The molecule has 0 aromatic heterocycles. The molecule has 3 atom stereocenters. The van der Waals surface area contributed by atoms with Crippen LogP contribution >= 0.6 is 22.6 Å². The Bertz CT molecular complexity index is 1130. The van der Waals surface area contributed by atoms with Gasteiger partial charge in [0.2, 0.25) is 0 Å². The standard InChI is InChI=1S/C24H30IN3O3.C2HF3O2/c1-28-13-12-24(16-4-9-20(30-2)21(14-16)31-3)11-10-19(15-22(24)28)27-23(29)26-18-7-5-17(25)6-8-18;3-2(4,5)1(6)7/h4-9,14,19,22H,10-13,15H2,1-3H3,(H2,26,27,29);(H,6,7)/t19-,22+,24+;/m1./s1. The quantitative estimate of drug-likeness (QED) is 0.383. The van der Waals surface area contributed by atoms with Crippen LogP contribution in [0.2, 0.25) is 0 Å². The van der Waals surface area contributed by atoms with Gasteiger partial charge in [-0.1, -0.05) is 6.07 Å². The number of urea groups is 1. The molecule has 38 heavy (non-hydrogen) atoms. The Hall–Kier alpha value is -2.74. The fraction of sp³-hybridized carbons (Fsp3) is 0.462. The van der Waals surface area contributed by atoms with Crippen molar-refractivity contribution in [3.63, 3.8) is 0 Å². The maximum Gasteiger partial charge on any atom is 0.490 e. The predicted octanol–water partition coefficient (Wildman–Crippen LogP) is 5.26. The van der Waals surface area contributed by atoms with Crippen LogP contribution in [-0.2, 0) is 10.2 Å². The number of likely N-dealkylation sites (N-methyl/N-ethyl adjacent to an activating group) is 1. The summed E-state index contributed by atoms with van der Waals surface area (Å²) >= 11 is 2.26. The molecule has 2 fully saturated rings. The largest absolute Gasteiger partial charge is 0.493 e. The van der Waals surface area contributed by atoms with E-state index < -0.39 is 12.1 Å². The number of methoxy groups -OCH3 is 2. The number of alkyl halides is 3. The van der Waals surface area contributed by atoms with E-state index in [-0.39, 0.29) is 17.5 Å². The zero-order valence-corrected chi connectivity index (χ0v) is 23.4. The SMILES string of the molecule is COc1ccc([C@@]23CC[C@@H](NC(=O)Nc4ccc(I)cc4)C[C@@H]2N(C)CC3)cc1OC.O=C(O)C(F)(F)F. The summed E-state index contributed by atoms with van der Waals surface area (Å²) in [6.45, 7) is 1.06. The maximum atomic E-state index is 12.6. The number of carboxylic acid groups (broad SMARTS) is 1. The van der Waals surface area contributed by atoms with Gasteiger partial charge in [0.25, 0.3) is 0 Å². The highest BCUT2D eigenvalue weighted by atomic mass is 127. The first-order valence-electron chi connectivity index (χ1n) is 12.0. The van der Waals surface area contributed by atoms with Gasteiger partial charge in [-0.2, -0.15) is 13.2 Å². The van der Waals surface area contributed by atoms with E-state index in [9.17, 15) is 18.0 Å². The van der Waals surface area contributed by atoms with Crippen molar-refractivity contribution in [3.05, 3.63) is 51.6 Å². The van der Waals surface area contributed by atoms with Crippen molar-refractivity contribution in [1.29, 1.82) is 0 Å². The molecule has 4 rings (SSSR count). The number of halogens is 4. The molecule has 1 aliphatic carbocycles. The molecule has 1 saturated carbocycles. The number of ether oxygens (including phenoxy) is 2. The molecule has 1 saturated heterocycles. The predicted molar refractivity (Wildman–Crippen MR) is 145 cm³/mol. The van der Waals surface area contributed by atoms with E-state index in [2.05, 4.69) is 57.3 Å². The van der Waals surface area contributed by atoms with Crippen LogP contribution < -0.4 is 20.1 Å². The minimum atomic E-state index is -5.08. The summed E-state index contributed by atoms with van der Waals surface area (Å²) in [5, 5.41) is 13.3. The molecule has 2 aromatic carbocycles. The van der Waals surface area contributed by atoms with Gasteiger partial charge in [0, 0.05) is 26.8 Å². The molecule has 1 heterocycles. The van der Waals surface area contributed by atoms with Gasteiger partial charge in [0.05, 0.1) is 14.2 Å². The van der Waals surface area contributed by atoms with E-state index in [1.807, 2.05) is 30.3 Å². The monoisotopic (exact) mass is 649 g/mol. The van der Waals surface area contributed by atoms with Gasteiger partial charge in [-0.15, -0.1) is 0 Å². The first kappa shape index (κ1) is 29.8. The average molecular weight is 649 g/mol. The third-order valence-electron chi connectivity index (χ3n) is 7.17. The highest BCUT2D eigenvalue weighted by Gasteiger charge is 2.50. The zero-order valence-electron chi connectivity index (χ0n) is 21.3. The van der Waals surface area contributed by atoms with Crippen molar-refractivity contribution >= 4 is 40.3 Å². The number of rotatable bonds is 5. The number of aliphatic carboxylic acids is 1. The number of likely N-dealkylation sites (tertiary alicyclic amines) is 1. The van der Waals surface area contributed by atoms with Crippen molar-refractivity contribution in [3.8, 4) is 11.5 Å². The molecule has 0 unspecified atom stereocenters. The molecule has 8 nitrogen and oxygen atoms in total. The van der Waals surface area contributed by atoms with Crippen LogP contribution in [0.15, 0.2) is 42.5 Å². The molecule has 2 amide bonds. The van der Waals surface area contributed by atoms with Crippen LogP contribution in [0, 0.1) is 3.57 Å². The summed E-state index contributed by atoms with van der Waals surface area (Å²) in [5.74, 6) is -1.22. The van der Waals surface area contributed by atoms with E-state index in [0.717, 1.165) is 53.0 Å². The molecule has 12 heteroatoms. The third kappa shape index (κ3) is 7.01. The molecule has 0 spiro atoms. The van der Waals surface area contributed by atoms with Crippen LogP contribution in [0.3, 0.4) is 0 Å². The average Bonchev–Trinajstić information content (AvgIpc) is 3.21. The number of carbonyl (C=O) groups is 2. The van der Waals surface area contributed by atoms with Gasteiger partial charge in [-0.25, -0.2) is 9.59 Å². The van der Waals surface area contributed by atoms with Gasteiger partial charge in [-0.3, -0.25) is 0 Å². The van der Waals surface area contributed by atoms with Crippen LogP contribution in [-0.4, -0.2) is 68.1 Å². The minimum absolute atomic E-state index is 0.0824. The maximum absolute atomic E-state index is 12.6. The number of benzene rings is 2. The molecular weight excluding hydrogens is 618 g/mol. The number of hydrogen-bond acceptors (Lipinski definition) is 5. The van der Waals surface area contributed by atoms with Crippen LogP contribution in [0.4, 0.5) is 23.7 Å². The number of amides is 2. The van der Waals surface area contributed by atoms with Crippen molar-refractivity contribution in [2.24, 2.45) is 0 Å². The lowest BCUT2D eigenvalue weighted by Gasteiger charge is -2.45. The lowest BCUT2D eigenvalue weighted by molar-refractivity contribution is -0.192. The highest BCUT2D eigenvalue weighted by molar-refractivity contribution is 14.1. The molecule has 3 N–H and O–H groups in total. The highest BCUT2D eigenvalue weighted by Crippen LogP contribution is 2.49. The molecule has 2 aliphatic rings. The van der Waals surface area contributed by atoms with Crippen molar-refractivity contribution in [2.45, 2.75) is 49.4 Å². The zero-order chi connectivity index (χ0) is 28.1. The number of nitrogens with one attached hydrogen (secondary N) is 2. The van der Waals surface area contributed by atoms with E-state index >= 15 is 0 Å². The number of hydrogen-bond donors (Lipinski definition) is 3. The summed E-state index contributed by atoms with van der Waals surface area (Å²) in [5.41, 5.74) is 2.20. The van der Waals surface area contributed by atoms with Gasteiger partial charge in [0.15, 0.2) is 11.5 Å². The van der Waals surface area contributed by atoms with Crippen molar-refractivity contribution in [1.82, 2.24) is 10.2 Å². The smallest absolute Gasteiger partial charge is 0.490 e. The third-order valence-corrected chi connectivity index (χ3v) is 7.88. The first-order chi connectivity index (χ1) is 17.9. The Labute approximate surface area is 233 Å². The van der Waals surface area contributed by atoms with Crippen molar-refractivity contribution in [2.75, 3.05) is 33.1 Å². The number of anilines is 1. The van der Waals surface area contributed by atoms with E-state index in [1.165, 1.54) is 5.56 Å². The van der Waals surface area contributed by atoms with E-state index in [4.69, 9.17) is 19.4 Å². The second-order valence-corrected chi connectivity index (χ2v) is 10.6. The Balaban J connectivity index is 0.000000505. The Morgan fingerprint density at radius 1 is 1.08 bits per heavy atom. The summed E-state index contributed by atoms with van der Waals surface area (Å²) in [6, 6.07) is 14.6. The normalized spacial score (nSPS) is 22.9. The number of carboxylic acids is 1. The topological polar surface area (TPSA) is 100 Å². The lowest BCUT2D eigenvalue weighted by Crippen LogP contribution is -2.52. The molecular formula is C26H31F3IN3O5. The number of fused-ring (bicyclic) bond motifs is 1. The Morgan fingerprint density at radius 2 is 1.71 bits per heavy atom. The number of nitrogens with zero attached hydrogens (tertiary/aromatic N) is 1. The van der Waals surface area contributed by atoms with Gasteiger partial charge in [-0.05, 0) is 104 Å². The van der Waals surface area contributed by atoms with Crippen LogP contribution in [0.5, 0.6) is 11.5 Å². The minimum Gasteiger partial charge on any atom is -0.493 e. The Morgan fingerprint density at radius 3 is 2.29 bits per heavy atom. The molecule has 1 aliphatic heterocycles. The van der Waals surface area contributed by atoms with Gasteiger partial charge in [0.1, 0.15) is 0 Å². The summed E-state index contributed by atoms with van der Waals surface area (Å²) < 4.78 is 43.9. The van der Waals surface area contributed by atoms with Gasteiger partial charge >= 0.3 is 18.2 Å². The van der Waals surface area contributed by atoms with Crippen LogP contribution in [0.1, 0.15) is 31.2 Å². The molecule has 0 bridgehead atoms. The summed E-state index contributed by atoms with van der Waals surface area (Å²) in [7, 11) is 5.55. The second kappa shape index (κ2) is 12.4. The van der Waals surface area contributed by atoms with Crippen LogP contribution in [0.25, 0.3) is 0 Å². The summed E-state index contributed by atoms with van der Waals surface area (Å²) in [4.78, 5) is 23.9. The number of carbonyl (C=O) groups excluding carboxylic acids is 1. The summed E-state index contributed by atoms with van der Waals surface area (Å²) in [6.07, 6.45) is -1.04. The van der Waals surface area contributed by atoms with Crippen molar-refractivity contribution < 1.29 is 37.3 Å². The van der Waals surface area contributed by atoms with E-state index in [1.54, 1.807) is 14.2 Å². The fourth-order valence-electron chi connectivity index (χ4n) is 5.28. The second-order valence-electron chi connectivity index (χ2n) is 9.35. The molecule has 0 radical (unpaired) electrons. The Kier molecular flexibility index (Phi) is 9.74. The van der Waals surface area contributed by atoms with E-state index in [0.29, 0.717) is 6.04 Å². The molecule has 208 valence electrons. The fourth-order valence-corrected chi connectivity index (χ4v) is 5.64. The van der Waals surface area contributed by atoms with Gasteiger partial charge < -0.3 is 30.1 Å². The molecule has 2 aromatic rings. The lowest BCUT2D eigenvalue weighted by atomic mass is 9.65.